The molecule has 0 aliphatic rings. The molecule has 2 atom stereocenters. The van der Waals surface area contributed by atoms with Gasteiger partial charge in [0.25, 0.3) is 0 Å². The Bertz CT molecular complexity index is 367. The van der Waals surface area contributed by atoms with Gasteiger partial charge in [0, 0.05) is 6.54 Å². The molecular formula is C14H21BrN2O. The van der Waals surface area contributed by atoms with E-state index in [9.17, 15) is 4.79 Å². The average Bonchev–Trinajstić information content (AvgIpc) is 2.38. The molecule has 100 valence electrons. The van der Waals surface area contributed by atoms with E-state index in [2.05, 4.69) is 38.3 Å². The topological polar surface area (TPSA) is 32.3 Å². The molecule has 0 saturated heterocycles. The highest BCUT2D eigenvalue weighted by molar-refractivity contribution is 9.10. The van der Waals surface area contributed by atoms with Crippen molar-refractivity contribution < 1.29 is 4.79 Å². The Morgan fingerprint density at radius 1 is 1.33 bits per heavy atom. The number of halogens is 1. The number of hydrogen-bond donors (Lipinski definition) is 1. The van der Waals surface area contributed by atoms with E-state index in [0.29, 0.717) is 6.54 Å². The fourth-order valence-corrected chi connectivity index (χ4v) is 1.93. The van der Waals surface area contributed by atoms with Crippen molar-refractivity contribution in [2.45, 2.75) is 24.2 Å². The third kappa shape index (κ3) is 4.42. The maximum absolute atomic E-state index is 11.8. The van der Waals surface area contributed by atoms with Crippen LogP contribution in [0.1, 0.15) is 24.9 Å². The van der Waals surface area contributed by atoms with Crippen molar-refractivity contribution in [2.24, 2.45) is 0 Å². The molecule has 3 nitrogen and oxygen atoms in total. The number of rotatable bonds is 6. The second kappa shape index (κ2) is 7.54. The van der Waals surface area contributed by atoms with Crippen molar-refractivity contribution in [3.63, 3.8) is 0 Å². The summed E-state index contributed by atoms with van der Waals surface area (Å²) in [5.74, 6) is 0.0558. The highest BCUT2D eigenvalue weighted by Crippen LogP contribution is 2.17. The first-order valence-electron chi connectivity index (χ1n) is 6.19. The zero-order chi connectivity index (χ0) is 13.5. The van der Waals surface area contributed by atoms with E-state index >= 15 is 0 Å². The normalized spacial score (nSPS) is 14.3. The Balaban J connectivity index is 2.63. The molecule has 0 spiro atoms. The van der Waals surface area contributed by atoms with Gasteiger partial charge in [0.15, 0.2) is 0 Å². The minimum atomic E-state index is -0.101. The fourth-order valence-electron chi connectivity index (χ4n) is 1.77. The van der Waals surface area contributed by atoms with Gasteiger partial charge in [0.1, 0.15) is 0 Å². The van der Waals surface area contributed by atoms with Crippen molar-refractivity contribution >= 4 is 21.8 Å². The van der Waals surface area contributed by atoms with E-state index in [1.165, 1.54) is 5.56 Å². The van der Waals surface area contributed by atoms with Gasteiger partial charge in [-0.1, -0.05) is 53.2 Å². The maximum Gasteiger partial charge on any atom is 0.233 e. The second-order valence-corrected chi connectivity index (χ2v) is 5.62. The van der Waals surface area contributed by atoms with E-state index in [-0.39, 0.29) is 16.8 Å². The largest absolute Gasteiger partial charge is 0.353 e. The molecule has 18 heavy (non-hydrogen) atoms. The zero-order valence-electron chi connectivity index (χ0n) is 11.2. The van der Waals surface area contributed by atoms with Crippen LogP contribution < -0.4 is 5.32 Å². The third-order valence-electron chi connectivity index (χ3n) is 2.92. The van der Waals surface area contributed by atoms with Crippen LogP contribution in [-0.2, 0) is 4.79 Å². The molecule has 0 bridgehead atoms. The lowest BCUT2D eigenvalue weighted by Crippen LogP contribution is -2.37. The molecule has 0 radical (unpaired) electrons. The Morgan fingerprint density at radius 3 is 2.44 bits per heavy atom. The van der Waals surface area contributed by atoms with Gasteiger partial charge >= 0.3 is 0 Å². The first kappa shape index (κ1) is 15.2. The number of hydrogen-bond acceptors (Lipinski definition) is 2. The van der Waals surface area contributed by atoms with Crippen LogP contribution in [0, 0.1) is 0 Å². The zero-order valence-corrected chi connectivity index (χ0v) is 12.8. The third-order valence-corrected chi connectivity index (χ3v) is 3.98. The average molecular weight is 313 g/mol. The summed E-state index contributed by atoms with van der Waals surface area (Å²) in [4.78, 5) is 13.8. The molecule has 0 aromatic heterocycles. The summed E-state index contributed by atoms with van der Waals surface area (Å²) in [5, 5.41) is 2.99. The van der Waals surface area contributed by atoms with Gasteiger partial charge in [-0.3, -0.25) is 4.79 Å². The highest BCUT2D eigenvalue weighted by atomic mass is 79.9. The van der Waals surface area contributed by atoms with Crippen molar-refractivity contribution in [3.05, 3.63) is 35.9 Å². The van der Waals surface area contributed by atoms with E-state index in [1.54, 1.807) is 0 Å². The van der Waals surface area contributed by atoms with Crippen LogP contribution in [0.3, 0.4) is 0 Å². The van der Waals surface area contributed by atoms with E-state index in [0.717, 1.165) is 6.42 Å². The molecule has 0 aliphatic heterocycles. The van der Waals surface area contributed by atoms with Gasteiger partial charge < -0.3 is 10.2 Å². The Hall–Kier alpha value is -0.870. The first-order valence-corrected chi connectivity index (χ1v) is 7.11. The minimum Gasteiger partial charge on any atom is -0.353 e. The van der Waals surface area contributed by atoms with E-state index in [4.69, 9.17) is 0 Å². The van der Waals surface area contributed by atoms with Gasteiger partial charge in [-0.25, -0.2) is 0 Å². The van der Waals surface area contributed by atoms with Crippen molar-refractivity contribution in [1.29, 1.82) is 0 Å². The Kier molecular flexibility index (Phi) is 6.36. The molecule has 2 unspecified atom stereocenters. The monoisotopic (exact) mass is 312 g/mol. The molecule has 4 heteroatoms. The number of nitrogens with one attached hydrogen (secondary N) is 1. The van der Waals surface area contributed by atoms with Gasteiger partial charge in [-0.15, -0.1) is 0 Å². The number of benzene rings is 1. The van der Waals surface area contributed by atoms with Crippen molar-refractivity contribution in [3.8, 4) is 0 Å². The van der Waals surface area contributed by atoms with Crippen molar-refractivity contribution in [2.75, 3.05) is 20.6 Å². The lowest BCUT2D eigenvalue weighted by Gasteiger charge is -2.25. The van der Waals surface area contributed by atoms with Crippen LogP contribution in [0.15, 0.2) is 30.3 Å². The summed E-state index contributed by atoms with van der Waals surface area (Å²) in [6.45, 7) is 2.61. The molecule has 1 amide bonds. The quantitative estimate of drug-likeness (QED) is 0.819. The molecule has 1 aromatic carbocycles. The summed E-state index contributed by atoms with van der Waals surface area (Å²) in [5.41, 5.74) is 1.21. The SMILES string of the molecule is CCC(Br)C(=O)NCC(c1ccccc1)N(C)C. The standard InChI is InChI=1S/C14H21BrN2O/c1-4-12(15)14(18)16-10-13(17(2)3)11-8-6-5-7-9-11/h5-9,12-13H,4,10H2,1-3H3,(H,16,18). The number of alkyl halides is 1. The van der Waals surface area contributed by atoms with E-state index < -0.39 is 0 Å². The minimum absolute atomic E-state index is 0.0558. The Labute approximate surface area is 118 Å². The van der Waals surface area contributed by atoms with Gasteiger partial charge in [-0.2, -0.15) is 0 Å². The lowest BCUT2D eigenvalue weighted by molar-refractivity contribution is -0.120. The molecule has 0 heterocycles. The predicted octanol–water partition coefficient (Wildman–Crippen LogP) is 2.58. The highest BCUT2D eigenvalue weighted by Gasteiger charge is 2.17. The molecule has 1 N–H and O–H groups in total. The predicted molar refractivity (Wildman–Crippen MR) is 78.9 cm³/mol. The maximum atomic E-state index is 11.8. The van der Waals surface area contributed by atoms with Crippen LogP contribution in [-0.4, -0.2) is 36.3 Å². The first-order chi connectivity index (χ1) is 8.56. The summed E-state index contributed by atoms with van der Waals surface area (Å²) in [6, 6.07) is 10.4. The number of likely N-dealkylation sites (N-methyl/N-ethyl adjacent to an activating group) is 1. The van der Waals surface area contributed by atoms with Crippen LogP contribution in [0.25, 0.3) is 0 Å². The van der Waals surface area contributed by atoms with Crippen molar-refractivity contribution in [1.82, 2.24) is 10.2 Å². The van der Waals surface area contributed by atoms with Crippen LogP contribution in [0.2, 0.25) is 0 Å². The number of amides is 1. The van der Waals surface area contributed by atoms with E-state index in [1.807, 2.05) is 39.2 Å². The molecule has 1 rings (SSSR count). The van der Waals surface area contributed by atoms with Crippen LogP contribution in [0.4, 0.5) is 0 Å². The summed E-state index contributed by atoms with van der Waals surface area (Å²) in [7, 11) is 4.05. The number of nitrogens with zero attached hydrogens (tertiary/aromatic N) is 1. The summed E-state index contributed by atoms with van der Waals surface area (Å²) < 4.78 is 0. The molecule has 1 aromatic rings. The number of carbonyl (C=O) groups excluding carboxylic acids is 1. The van der Waals surface area contributed by atoms with Crippen LogP contribution >= 0.6 is 15.9 Å². The lowest BCUT2D eigenvalue weighted by atomic mass is 10.1. The fraction of sp³-hybridized carbons (Fsp3) is 0.500. The molecule has 0 aliphatic carbocycles. The van der Waals surface area contributed by atoms with Gasteiger partial charge in [0.05, 0.1) is 10.9 Å². The summed E-state index contributed by atoms with van der Waals surface area (Å²) in [6.07, 6.45) is 0.795. The number of carbonyl (C=O) groups is 1. The molecular weight excluding hydrogens is 292 g/mol. The van der Waals surface area contributed by atoms with Crippen LogP contribution in [0.5, 0.6) is 0 Å². The van der Waals surface area contributed by atoms with Gasteiger partial charge in [0.2, 0.25) is 5.91 Å². The Morgan fingerprint density at radius 2 is 1.94 bits per heavy atom. The summed E-state index contributed by atoms with van der Waals surface area (Å²) >= 11 is 3.36. The molecule has 0 saturated carbocycles. The molecule has 0 fully saturated rings. The second-order valence-electron chi connectivity index (χ2n) is 4.51. The smallest absolute Gasteiger partial charge is 0.233 e. The van der Waals surface area contributed by atoms with Gasteiger partial charge in [-0.05, 0) is 26.1 Å².